The van der Waals surface area contributed by atoms with Crippen LogP contribution in [0.2, 0.25) is 0 Å². The van der Waals surface area contributed by atoms with Crippen LogP contribution in [0.15, 0.2) is 66.7 Å². The zero-order valence-electron chi connectivity index (χ0n) is 22.9. The van der Waals surface area contributed by atoms with Crippen LogP contribution in [0.4, 0.5) is 17.1 Å². The van der Waals surface area contributed by atoms with E-state index in [1.54, 1.807) is 0 Å². The lowest BCUT2D eigenvalue weighted by Crippen LogP contribution is -2.18. The van der Waals surface area contributed by atoms with E-state index >= 15 is 0 Å². The molecule has 0 bridgehead atoms. The average molecular weight is 554 g/mol. The summed E-state index contributed by atoms with van der Waals surface area (Å²) in [6.45, 7) is 10.2. The SMILES string of the molecule is CC(C)CCOc1ccc(NC(=S)Nc2ccc(OCCC(C)C)cc2)cc1.Nc1ccc(C(=O)O)c(O)c1. The predicted octanol–water partition coefficient (Wildman–Crippen LogP) is 7.02. The highest BCUT2D eigenvalue weighted by atomic mass is 32.1. The Bertz CT molecular complexity index is 1120. The number of carbonyl (C=O) groups is 1. The van der Waals surface area contributed by atoms with Crippen molar-refractivity contribution >= 4 is 40.4 Å². The fourth-order valence-corrected chi connectivity index (χ4v) is 3.35. The number of rotatable bonds is 11. The van der Waals surface area contributed by atoms with Gasteiger partial charge in [-0.25, -0.2) is 4.79 Å². The number of nitrogen functional groups attached to an aromatic ring is 1. The molecule has 0 amide bonds. The number of carboxylic acid groups (broad SMARTS) is 1. The van der Waals surface area contributed by atoms with Crippen molar-refractivity contribution in [1.82, 2.24) is 0 Å². The van der Waals surface area contributed by atoms with E-state index in [1.807, 2.05) is 48.5 Å². The van der Waals surface area contributed by atoms with Gasteiger partial charge in [-0.3, -0.25) is 0 Å². The molecule has 0 saturated heterocycles. The number of hydrogen-bond acceptors (Lipinski definition) is 6. The maximum absolute atomic E-state index is 10.3. The molecule has 0 saturated carbocycles. The van der Waals surface area contributed by atoms with Crippen molar-refractivity contribution in [2.45, 2.75) is 40.5 Å². The van der Waals surface area contributed by atoms with Crippen molar-refractivity contribution in [1.29, 1.82) is 0 Å². The summed E-state index contributed by atoms with van der Waals surface area (Å²) in [5.74, 6) is 1.56. The summed E-state index contributed by atoms with van der Waals surface area (Å²) in [4.78, 5) is 10.3. The number of hydrogen-bond donors (Lipinski definition) is 5. The van der Waals surface area contributed by atoms with Crippen LogP contribution >= 0.6 is 12.2 Å². The Kier molecular flexibility index (Phi) is 12.9. The maximum atomic E-state index is 10.3. The fraction of sp³-hybridized carbons (Fsp3) is 0.333. The first-order valence-electron chi connectivity index (χ1n) is 12.9. The summed E-state index contributed by atoms with van der Waals surface area (Å²) in [5, 5.41) is 24.4. The molecule has 0 spiro atoms. The first kappa shape index (κ1) is 31.2. The van der Waals surface area contributed by atoms with Gasteiger partial charge in [0.2, 0.25) is 0 Å². The molecular formula is C30H39N3O5S. The Morgan fingerprint density at radius 3 is 1.62 bits per heavy atom. The molecule has 0 fully saturated rings. The molecule has 0 aliphatic carbocycles. The van der Waals surface area contributed by atoms with E-state index in [4.69, 9.17) is 37.6 Å². The van der Waals surface area contributed by atoms with Gasteiger partial charge in [-0.05, 0) is 97.6 Å². The van der Waals surface area contributed by atoms with Gasteiger partial charge in [0.1, 0.15) is 22.8 Å². The molecule has 0 radical (unpaired) electrons. The summed E-state index contributed by atoms with van der Waals surface area (Å²) in [6.07, 6.45) is 2.10. The van der Waals surface area contributed by atoms with E-state index in [1.165, 1.54) is 18.2 Å². The average Bonchev–Trinajstić information content (AvgIpc) is 2.86. The number of benzene rings is 3. The Morgan fingerprint density at radius 2 is 1.26 bits per heavy atom. The molecule has 0 unspecified atom stereocenters. The summed E-state index contributed by atoms with van der Waals surface area (Å²) < 4.78 is 11.5. The molecule has 39 heavy (non-hydrogen) atoms. The number of aromatic carboxylic acids is 1. The van der Waals surface area contributed by atoms with Crippen LogP contribution in [-0.4, -0.2) is 34.5 Å². The van der Waals surface area contributed by atoms with Crippen LogP contribution in [0.3, 0.4) is 0 Å². The minimum atomic E-state index is -1.16. The van der Waals surface area contributed by atoms with Crippen molar-refractivity contribution in [2.75, 3.05) is 29.6 Å². The molecule has 6 N–H and O–H groups in total. The Morgan fingerprint density at radius 1 is 0.821 bits per heavy atom. The lowest BCUT2D eigenvalue weighted by Gasteiger charge is -2.13. The molecule has 0 atom stereocenters. The minimum Gasteiger partial charge on any atom is -0.507 e. The first-order chi connectivity index (χ1) is 18.5. The highest BCUT2D eigenvalue weighted by Crippen LogP contribution is 2.20. The van der Waals surface area contributed by atoms with Crippen molar-refractivity contribution in [2.24, 2.45) is 11.8 Å². The van der Waals surface area contributed by atoms with Gasteiger partial charge in [-0.15, -0.1) is 0 Å². The van der Waals surface area contributed by atoms with Crippen LogP contribution < -0.4 is 25.8 Å². The molecule has 3 rings (SSSR count). The highest BCUT2D eigenvalue weighted by Gasteiger charge is 2.08. The summed E-state index contributed by atoms with van der Waals surface area (Å²) in [6, 6.07) is 19.5. The molecule has 3 aromatic carbocycles. The molecule has 3 aromatic rings. The minimum absolute atomic E-state index is 0.140. The van der Waals surface area contributed by atoms with Gasteiger partial charge < -0.3 is 36.1 Å². The monoisotopic (exact) mass is 553 g/mol. The second kappa shape index (κ2) is 16.1. The smallest absolute Gasteiger partial charge is 0.339 e. The fourth-order valence-electron chi connectivity index (χ4n) is 3.12. The van der Waals surface area contributed by atoms with Gasteiger partial charge in [0, 0.05) is 23.1 Å². The molecule has 0 aliphatic heterocycles. The predicted molar refractivity (Wildman–Crippen MR) is 162 cm³/mol. The van der Waals surface area contributed by atoms with Crippen LogP contribution in [-0.2, 0) is 0 Å². The lowest BCUT2D eigenvalue weighted by atomic mass is 10.1. The zero-order valence-corrected chi connectivity index (χ0v) is 23.8. The number of thiocarbonyl (C=S) groups is 1. The number of carboxylic acids is 1. The van der Waals surface area contributed by atoms with Gasteiger partial charge >= 0.3 is 5.97 Å². The molecule has 0 aliphatic rings. The number of aromatic hydroxyl groups is 1. The number of nitrogens with two attached hydrogens (primary N) is 1. The van der Waals surface area contributed by atoms with Crippen molar-refractivity contribution < 1.29 is 24.5 Å². The second-order valence-corrected chi connectivity index (χ2v) is 10.2. The Balaban J connectivity index is 0.000000404. The van der Waals surface area contributed by atoms with Crippen LogP contribution in [0.5, 0.6) is 17.2 Å². The first-order valence-corrected chi connectivity index (χ1v) is 13.3. The maximum Gasteiger partial charge on any atom is 0.339 e. The van der Waals surface area contributed by atoms with E-state index in [-0.39, 0.29) is 11.3 Å². The number of phenols is 1. The van der Waals surface area contributed by atoms with Gasteiger partial charge in [0.05, 0.1) is 13.2 Å². The largest absolute Gasteiger partial charge is 0.507 e. The quantitative estimate of drug-likeness (QED) is 0.126. The topological polar surface area (TPSA) is 126 Å². The third-order valence-corrected chi connectivity index (χ3v) is 5.61. The van der Waals surface area contributed by atoms with Crippen LogP contribution in [0, 0.1) is 11.8 Å². The third kappa shape index (κ3) is 12.4. The zero-order chi connectivity index (χ0) is 28.8. The number of anilines is 3. The van der Waals surface area contributed by atoms with Crippen LogP contribution in [0.1, 0.15) is 50.9 Å². The van der Waals surface area contributed by atoms with Gasteiger partial charge in [-0.1, -0.05) is 27.7 Å². The molecule has 9 heteroatoms. The van der Waals surface area contributed by atoms with E-state index in [2.05, 4.69) is 38.3 Å². The van der Waals surface area contributed by atoms with E-state index in [0.29, 0.717) is 22.6 Å². The van der Waals surface area contributed by atoms with Gasteiger partial charge in [-0.2, -0.15) is 0 Å². The van der Waals surface area contributed by atoms with Crippen molar-refractivity contribution in [3.63, 3.8) is 0 Å². The van der Waals surface area contributed by atoms with Gasteiger partial charge in [0.15, 0.2) is 5.11 Å². The molecular weight excluding hydrogens is 514 g/mol. The summed E-state index contributed by atoms with van der Waals surface area (Å²) in [5.41, 5.74) is 7.31. The molecule has 0 aromatic heterocycles. The van der Waals surface area contributed by atoms with Gasteiger partial charge in [0.25, 0.3) is 0 Å². The molecule has 210 valence electrons. The number of nitrogens with one attached hydrogen (secondary N) is 2. The Labute approximate surface area is 236 Å². The van der Waals surface area contributed by atoms with E-state index in [9.17, 15) is 4.79 Å². The van der Waals surface area contributed by atoms with E-state index < -0.39 is 5.97 Å². The van der Waals surface area contributed by atoms with Crippen molar-refractivity contribution in [3.05, 3.63) is 72.3 Å². The van der Waals surface area contributed by atoms with E-state index in [0.717, 1.165) is 48.9 Å². The summed E-state index contributed by atoms with van der Waals surface area (Å²) >= 11 is 5.40. The second-order valence-electron chi connectivity index (χ2n) is 9.77. The third-order valence-electron chi connectivity index (χ3n) is 5.40. The standard InChI is InChI=1S/C23H32N2O2S.C7H7NO3/c1-17(2)13-15-26-21-9-5-19(6-10-21)24-23(28)25-20-7-11-22(12-8-20)27-16-14-18(3)4;8-4-1-2-5(7(10)11)6(9)3-4/h5-12,17-18H,13-16H2,1-4H3,(H2,24,25,28);1-3,9H,8H2,(H,10,11). The lowest BCUT2D eigenvalue weighted by molar-refractivity contribution is 0.0693. The Hall–Kier alpha value is -3.98. The summed E-state index contributed by atoms with van der Waals surface area (Å²) in [7, 11) is 0. The molecule has 0 heterocycles. The van der Waals surface area contributed by atoms with Crippen LogP contribution in [0.25, 0.3) is 0 Å². The number of ether oxygens (including phenoxy) is 2. The molecule has 8 nitrogen and oxygen atoms in total. The normalized spacial score (nSPS) is 10.4. The highest BCUT2D eigenvalue weighted by molar-refractivity contribution is 7.80. The van der Waals surface area contributed by atoms with Crippen molar-refractivity contribution in [3.8, 4) is 17.2 Å².